The predicted octanol–water partition coefficient (Wildman–Crippen LogP) is 5.13. The molecule has 236 valence electrons. The van der Waals surface area contributed by atoms with E-state index in [9.17, 15) is 23.1 Å². The fourth-order valence-electron chi connectivity index (χ4n) is 6.10. The Hall–Kier alpha value is -4.33. The maximum Gasteiger partial charge on any atom is 0.416 e. The summed E-state index contributed by atoms with van der Waals surface area (Å²) in [6, 6.07) is 8.48. The molecule has 0 saturated heterocycles. The standard InChI is InChI=1S/C32H35F3N8O2/c33-32(34,35)22-11-15-38-25(16-22)41-31(45)20-9-7-19(8-10-20)28-27-29-21(18-39-30(27)36)4-1-2-13-37-14-12-26(44)40-23-5-3-6-24(17-23)43(29)42-28/h1,4,7-11,15-16,18,23-24,26,37,40,44H,2-3,5-6,12-14,17H2,(H2,36,39)(H,38,41,45)/b4-1+/t23-,24-,26?/m1/s1. The van der Waals surface area contributed by atoms with E-state index in [1.54, 1.807) is 30.5 Å². The van der Waals surface area contributed by atoms with Crippen molar-refractivity contribution in [3.05, 3.63) is 71.6 Å². The van der Waals surface area contributed by atoms with Gasteiger partial charge in [-0.3, -0.25) is 14.8 Å². The van der Waals surface area contributed by atoms with E-state index in [4.69, 9.17) is 10.8 Å². The van der Waals surface area contributed by atoms with Crippen molar-refractivity contribution in [3.8, 4) is 11.3 Å². The number of carbonyl (C=O) groups excluding carboxylic acids is 1. The molecule has 4 aromatic rings. The fraction of sp³-hybridized carbons (Fsp3) is 0.375. The molecule has 6 rings (SSSR count). The lowest BCUT2D eigenvalue weighted by Crippen LogP contribution is -2.42. The molecule has 3 aromatic heterocycles. The molecular formula is C32H35F3N8O2. The monoisotopic (exact) mass is 620 g/mol. The summed E-state index contributed by atoms with van der Waals surface area (Å²) in [4.78, 5) is 21.2. The first-order chi connectivity index (χ1) is 21.7. The van der Waals surface area contributed by atoms with Crippen molar-refractivity contribution in [3.63, 3.8) is 0 Å². The van der Waals surface area contributed by atoms with Crippen LogP contribution in [0.1, 0.15) is 66.1 Å². The lowest BCUT2D eigenvalue weighted by molar-refractivity contribution is -0.137. The van der Waals surface area contributed by atoms with Gasteiger partial charge in [-0.1, -0.05) is 24.3 Å². The number of carbonyl (C=O) groups is 1. The van der Waals surface area contributed by atoms with Crippen LogP contribution in [0, 0.1) is 0 Å². The number of benzene rings is 1. The molecule has 1 aliphatic carbocycles. The Morgan fingerprint density at radius 2 is 1.91 bits per heavy atom. The summed E-state index contributed by atoms with van der Waals surface area (Å²) < 4.78 is 41.3. The second-order valence-electron chi connectivity index (χ2n) is 11.5. The maximum atomic E-state index is 13.1. The normalized spacial score (nSPS) is 21.9. The van der Waals surface area contributed by atoms with Gasteiger partial charge in [0.25, 0.3) is 5.91 Å². The summed E-state index contributed by atoms with van der Waals surface area (Å²) in [6.45, 7) is 1.49. The van der Waals surface area contributed by atoms with Gasteiger partial charge in [0, 0.05) is 35.1 Å². The molecule has 1 unspecified atom stereocenters. The summed E-state index contributed by atoms with van der Waals surface area (Å²) in [7, 11) is 0. The number of nitrogen functional groups attached to an aromatic ring is 1. The number of aliphatic hydroxyl groups excluding tert-OH is 1. The van der Waals surface area contributed by atoms with Crippen LogP contribution in [0.25, 0.3) is 28.2 Å². The number of hydrogen-bond acceptors (Lipinski definition) is 8. The van der Waals surface area contributed by atoms with Gasteiger partial charge in [0.2, 0.25) is 0 Å². The van der Waals surface area contributed by atoms with Crippen LogP contribution >= 0.6 is 0 Å². The Kier molecular flexibility index (Phi) is 8.83. The van der Waals surface area contributed by atoms with Gasteiger partial charge in [-0.2, -0.15) is 18.3 Å². The number of alkyl halides is 3. The maximum absolute atomic E-state index is 13.1. The van der Waals surface area contributed by atoms with Gasteiger partial charge >= 0.3 is 6.18 Å². The van der Waals surface area contributed by atoms with E-state index < -0.39 is 23.9 Å². The summed E-state index contributed by atoms with van der Waals surface area (Å²) in [6.07, 6.45) is 6.80. The molecule has 2 bridgehead atoms. The highest BCUT2D eigenvalue weighted by molar-refractivity contribution is 6.06. The Bertz CT molecular complexity index is 1700. The van der Waals surface area contributed by atoms with E-state index in [1.165, 1.54) is 0 Å². The van der Waals surface area contributed by atoms with E-state index in [0.29, 0.717) is 28.9 Å². The number of rotatable bonds is 3. The van der Waals surface area contributed by atoms with Gasteiger partial charge in [-0.25, -0.2) is 9.97 Å². The van der Waals surface area contributed by atoms with Crippen molar-refractivity contribution in [2.24, 2.45) is 0 Å². The van der Waals surface area contributed by atoms with Gasteiger partial charge in [0.1, 0.15) is 23.6 Å². The minimum atomic E-state index is -4.55. The van der Waals surface area contributed by atoms with E-state index in [1.807, 2.05) is 10.8 Å². The number of fused-ring (bicyclic) bond motifs is 3. The highest BCUT2D eigenvalue weighted by Gasteiger charge is 2.31. The number of pyridine rings is 2. The van der Waals surface area contributed by atoms with Crippen molar-refractivity contribution in [2.75, 3.05) is 24.1 Å². The Morgan fingerprint density at radius 3 is 2.71 bits per heavy atom. The molecule has 2 aliphatic rings. The van der Waals surface area contributed by atoms with Crippen LogP contribution in [0.15, 0.2) is 54.9 Å². The van der Waals surface area contributed by atoms with Crippen molar-refractivity contribution in [2.45, 2.75) is 63.0 Å². The molecule has 4 heterocycles. The lowest BCUT2D eigenvalue weighted by Gasteiger charge is -2.32. The number of nitrogens with one attached hydrogen (secondary N) is 3. The smallest absolute Gasteiger partial charge is 0.383 e. The van der Waals surface area contributed by atoms with Crippen molar-refractivity contribution in [1.82, 2.24) is 30.4 Å². The van der Waals surface area contributed by atoms with Gasteiger partial charge in [0.15, 0.2) is 0 Å². The summed E-state index contributed by atoms with van der Waals surface area (Å²) >= 11 is 0. The average molecular weight is 621 g/mol. The van der Waals surface area contributed by atoms with Crippen LogP contribution in [0.3, 0.4) is 0 Å². The highest BCUT2D eigenvalue weighted by Crippen LogP contribution is 2.39. The molecule has 1 saturated carbocycles. The molecule has 10 nitrogen and oxygen atoms in total. The zero-order valence-corrected chi connectivity index (χ0v) is 24.5. The third-order valence-corrected chi connectivity index (χ3v) is 8.33. The molecule has 0 spiro atoms. The topological polar surface area (TPSA) is 143 Å². The third-order valence-electron chi connectivity index (χ3n) is 8.33. The van der Waals surface area contributed by atoms with Crippen LogP contribution < -0.4 is 21.7 Å². The summed E-state index contributed by atoms with van der Waals surface area (Å²) in [5, 5.41) is 25.6. The number of aromatic nitrogens is 4. The number of hydrogen-bond donors (Lipinski definition) is 5. The summed E-state index contributed by atoms with van der Waals surface area (Å²) in [5.74, 6) is -0.457. The molecule has 6 N–H and O–H groups in total. The number of amides is 1. The molecule has 3 atom stereocenters. The Morgan fingerprint density at radius 1 is 1.09 bits per heavy atom. The van der Waals surface area contributed by atoms with Gasteiger partial charge in [-0.15, -0.1) is 0 Å². The number of nitrogens with zero attached hydrogens (tertiary/aromatic N) is 4. The molecule has 1 aliphatic heterocycles. The Balaban J connectivity index is 1.35. The quantitative estimate of drug-likeness (QED) is 0.212. The minimum absolute atomic E-state index is 0.0573. The van der Waals surface area contributed by atoms with Crippen molar-refractivity contribution < 1.29 is 23.1 Å². The predicted molar refractivity (Wildman–Crippen MR) is 166 cm³/mol. The van der Waals surface area contributed by atoms with Crippen LogP contribution in [-0.2, 0) is 6.18 Å². The molecule has 1 aromatic carbocycles. The number of anilines is 2. The van der Waals surface area contributed by atoms with Crippen LogP contribution in [0.4, 0.5) is 24.8 Å². The van der Waals surface area contributed by atoms with Crippen molar-refractivity contribution >= 4 is 34.5 Å². The minimum Gasteiger partial charge on any atom is -0.383 e. The van der Waals surface area contributed by atoms with Crippen molar-refractivity contribution in [1.29, 1.82) is 0 Å². The zero-order valence-electron chi connectivity index (χ0n) is 24.5. The van der Waals surface area contributed by atoms with Gasteiger partial charge in [-0.05, 0) is 75.9 Å². The lowest BCUT2D eigenvalue weighted by atomic mass is 9.90. The highest BCUT2D eigenvalue weighted by atomic mass is 19.4. The molecule has 45 heavy (non-hydrogen) atoms. The van der Waals surface area contributed by atoms with Gasteiger partial charge in [0.05, 0.1) is 22.5 Å². The average Bonchev–Trinajstić information content (AvgIpc) is 3.43. The molecule has 13 heteroatoms. The second-order valence-corrected chi connectivity index (χ2v) is 11.5. The molecule has 1 amide bonds. The number of nitrogens with two attached hydrogens (primary N) is 1. The largest absolute Gasteiger partial charge is 0.416 e. The number of aliphatic hydroxyl groups is 1. The first-order valence-corrected chi connectivity index (χ1v) is 15.1. The second kappa shape index (κ2) is 13.0. The fourth-order valence-corrected chi connectivity index (χ4v) is 6.10. The molecule has 1 fully saturated rings. The molecular weight excluding hydrogens is 585 g/mol. The number of halogens is 3. The van der Waals surface area contributed by atoms with Gasteiger partial charge < -0.3 is 21.5 Å². The van der Waals surface area contributed by atoms with E-state index in [2.05, 4.69) is 32.0 Å². The first kappa shape index (κ1) is 30.7. The van der Waals surface area contributed by atoms with Crippen LogP contribution in [-0.4, -0.2) is 56.1 Å². The third kappa shape index (κ3) is 6.85. The Labute approximate surface area is 257 Å². The van der Waals surface area contributed by atoms with E-state index >= 15 is 0 Å². The zero-order chi connectivity index (χ0) is 31.6. The molecule has 0 radical (unpaired) electrons. The van der Waals surface area contributed by atoms with Crippen LogP contribution in [0.2, 0.25) is 0 Å². The van der Waals surface area contributed by atoms with E-state index in [-0.39, 0.29) is 23.5 Å². The summed E-state index contributed by atoms with van der Waals surface area (Å²) in [5.41, 5.74) is 8.94. The van der Waals surface area contributed by atoms with E-state index in [0.717, 1.165) is 74.6 Å². The van der Waals surface area contributed by atoms with Crippen LogP contribution in [0.5, 0.6) is 0 Å². The first-order valence-electron chi connectivity index (χ1n) is 15.1. The SMILES string of the molecule is Nc1ncc2c3c1c(-c1ccc(C(=O)Nc4cc(C(F)(F)F)ccn4)cc1)nn3[C@@H]1CCC[C@H](C1)NC(O)CCNCC/C=C/2.